The van der Waals surface area contributed by atoms with E-state index in [1.807, 2.05) is 20.8 Å². The molecule has 0 aliphatic carbocycles. The molecule has 0 aromatic carbocycles. The maximum atomic E-state index is 10.4. The molecule has 5 heteroatoms. The summed E-state index contributed by atoms with van der Waals surface area (Å²) in [5, 5.41) is 0. The van der Waals surface area contributed by atoms with Gasteiger partial charge in [0.2, 0.25) is 0 Å². The summed E-state index contributed by atoms with van der Waals surface area (Å²) < 4.78 is 15.5. The molecule has 1 atom stereocenters. The molecule has 3 nitrogen and oxygen atoms in total. The van der Waals surface area contributed by atoms with Crippen LogP contribution in [0.4, 0.5) is 0 Å². The standard InChI is InChI=1S/C6H15O3PS/c1-4-11(5-2,6-3)9-10(7)8/h4-6H2,1-3H3/p+1. The molecule has 0 aliphatic rings. The van der Waals surface area contributed by atoms with Crippen molar-refractivity contribution in [2.75, 3.05) is 17.3 Å². The molecule has 0 amide bonds. The second kappa shape index (κ2) is 5.09. The van der Waals surface area contributed by atoms with Crippen LogP contribution >= 0.6 is 18.6 Å². The Morgan fingerprint density at radius 3 is 1.73 bits per heavy atom. The van der Waals surface area contributed by atoms with Crippen LogP contribution in [0.15, 0.2) is 0 Å². The van der Waals surface area contributed by atoms with Gasteiger partial charge in [-0.15, -0.1) is 4.89 Å². The molecule has 0 bridgehead atoms. The molecule has 0 saturated carbocycles. The molecule has 0 saturated heterocycles. The average molecular weight is 199 g/mol. The van der Waals surface area contributed by atoms with Gasteiger partial charge in [0, 0.05) is 21.8 Å². The first-order valence-corrected chi connectivity index (χ1v) is 6.91. The van der Waals surface area contributed by atoms with E-state index in [2.05, 4.69) is 0 Å². The van der Waals surface area contributed by atoms with Crippen molar-refractivity contribution >= 4 is 18.6 Å². The second-order valence-corrected chi connectivity index (χ2v) is 6.88. The van der Waals surface area contributed by atoms with Crippen LogP contribution in [0, 0.1) is 0 Å². The molecule has 68 valence electrons. The van der Waals surface area contributed by atoms with E-state index in [0.717, 1.165) is 17.3 Å². The summed E-state index contributed by atoms with van der Waals surface area (Å²) >= 11 is 0. The first-order chi connectivity index (χ1) is 5.10. The number of rotatable bonds is 5. The minimum absolute atomic E-state index is 0.863. The Balaban J connectivity index is 4.16. The van der Waals surface area contributed by atoms with Gasteiger partial charge in [0.05, 0.1) is 0 Å². The van der Waals surface area contributed by atoms with E-state index in [9.17, 15) is 4.57 Å². The molecular formula is C6H16O3PS+. The van der Waals surface area contributed by atoms with Gasteiger partial charge in [-0.25, -0.2) is 0 Å². The molecule has 1 unspecified atom stereocenters. The van der Waals surface area contributed by atoms with Crippen LogP contribution in [0.3, 0.4) is 0 Å². The van der Waals surface area contributed by atoms with E-state index >= 15 is 0 Å². The van der Waals surface area contributed by atoms with E-state index in [1.54, 1.807) is 0 Å². The molecule has 0 aromatic heterocycles. The fourth-order valence-corrected chi connectivity index (χ4v) is 4.48. The summed E-state index contributed by atoms with van der Waals surface area (Å²) in [5.41, 5.74) is 0. The molecule has 1 N–H and O–H groups in total. The van der Waals surface area contributed by atoms with E-state index in [0.29, 0.717) is 0 Å². The maximum Gasteiger partial charge on any atom is 0.705 e. The first-order valence-electron chi connectivity index (χ1n) is 3.72. The average Bonchev–Trinajstić information content (AvgIpc) is 2.00. The Hall–Kier alpha value is 0.370. The third-order valence-electron chi connectivity index (χ3n) is 1.80. The lowest BCUT2D eigenvalue weighted by Gasteiger charge is -2.28. The highest BCUT2D eigenvalue weighted by Gasteiger charge is 2.30. The summed E-state index contributed by atoms with van der Waals surface area (Å²) in [5.74, 6) is 2.59. The SMILES string of the molecule is CCS(CC)(CC)O[P+](=O)O. The molecule has 11 heavy (non-hydrogen) atoms. The lowest BCUT2D eigenvalue weighted by Crippen LogP contribution is -2.09. The topological polar surface area (TPSA) is 46.5 Å². The zero-order chi connectivity index (χ0) is 8.91. The summed E-state index contributed by atoms with van der Waals surface area (Å²) in [6.07, 6.45) is 0. The zero-order valence-corrected chi connectivity index (χ0v) is 8.95. The van der Waals surface area contributed by atoms with E-state index in [1.165, 1.54) is 0 Å². The molecule has 0 fully saturated rings. The van der Waals surface area contributed by atoms with Crippen LogP contribution in [0.25, 0.3) is 0 Å². The first kappa shape index (κ1) is 11.4. The smallest absolute Gasteiger partial charge is 0.133 e. The van der Waals surface area contributed by atoms with Crippen LogP contribution in [0.5, 0.6) is 0 Å². The fourth-order valence-electron chi connectivity index (χ4n) is 0.906. The lowest BCUT2D eigenvalue weighted by atomic mass is 10.9. The second-order valence-electron chi connectivity index (χ2n) is 2.14. The minimum Gasteiger partial charge on any atom is -0.133 e. The highest BCUT2D eigenvalue weighted by molar-refractivity contribution is 8.31. The predicted molar refractivity (Wildman–Crippen MR) is 50.1 cm³/mol. The number of hydrogen-bond donors (Lipinski definition) is 1. The Kier molecular flexibility index (Phi) is 5.26. The Labute approximate surface area is 70.6 Å². The molecule has 0 heterocycles. The van der Waals surface area contributed by atoms with Gasteiger partial charge >= 0.3 is 8.25 Å². The number of hydrogen-bond acceptors (Lipinski definition) is 2. The summed E-state index contributed by atoms with van der Waals surface area (Å²) in [6.45, 7) is 6.00. The van der Waals surface area contributed by atoms with Crippen LogP contribution in [0.2, 0.25) is 0 Å². The molecular weight excluding hydrogens is 183 g/mol. The molecule has 0 radical (unpaired) electrons. The summed E-state index contributed by atoms with van der Waals surface area (Å²) in [7, 11) is -3.66. The summed E-state index contributed by atoms with van der Waals surface area (Å²) in [4.78, 5) is 8.59. The Morgan fingerprint density at radius 1 is 1.27 bits per heavy atom. The van der Waals surface area contributed by atoms with Crippen molar-refractivity contribution in [2.24, 2.45) is 0 Å². The van der Waals surface area contributed by atoms with Crippen LogP contribution in [0.1, 0.15) is 20.8 Å². The Bertz CT molecular complexity index is 128. The van der Waals surface area contributed by atoms with Crippen LogP contribution < -0.4 is 0 Å². The summed E-state index contributed by atoms with van der Waals surface area (Å²) in [6, 6.07) is 0. The monoisotopic (exact) mass is 199 g/mol. The predicted octanol–water partition coefficient (Wildman–Crippen LogP) is 2.43. The van der Waals surface area contributed by atoms with Crippen molar-refractivity contribution in [1.29, 1.82) is 0 Å². The fraction of sp³-hybridized carbons (Fsp3) is 1.00. The highest BCUT2D eigenvalue weighted by atomic mass is 32.3. The normalized spacial score (nSPS) is 14.7. The zero-order valence-electron chi connectivity index (χ0n) is 7.24. The Morgan fingerprint density at radius 2 is 1.64 bits per heavy atom. The van der Waals surface area contributed by atoms with Crippen molar-refractivity contribution in [1.82, 2.24) is 0 Å². The third kappa shape index (κ3) is 3.52. The van der Waals surface area contributed by atoms with Gasteiger partial charge in [0.15, 0.2) is 0 Å². The molecule has 0 aromatic rings. The quantitative estimate of drug-likeness (QED) is 0.692. The van der Waals surface area contributed by atoms with Gasteiger partial charge in [0.25, 0.3) is 0 Å². The lowest BCUT2D eigenvalue weighted by molar-refractivity contribution is 0.426. The van der Waals surface area contributed by atoms with E-state index in [4.69, 9.17) is 8.86 Å². The van der Waals surface area contributed by atoms with E-state index < -0.39 is 18.6 Å². The van der Waals surface area contributed by atoms with Crippen LogP contribution in [-0.4, -0.2) is 22.2 Å². The minimum atomic E-state index is -2.42. The van der Waals surface area contributed by atoms with Gasteiger partial charge < -0.3 is 0 Å². The largest absolute Gasteiger partial charge is 0.705 e. The van der Waals surface area contributed by atoms with Crippen molar-refractivity contribution < 1.29 is 13.4 Å². The third-order valence-corrected chi connectivity index (χ3v) is 6.73. The van der Waals surface area contributed by atoms with Gasteiger partial charge in [-0.05, 0) is 0 Å². The van der Waals surface area contributed by atoms with Crippen molar-refractivity contribution in [3.05, 3.63) is 0 Å². The van der Waals surface area contributed by atoms with Crippen molar-refractivity contribution in [3.63, 3.8) is 0 Å². The van der Waals surface area contributed by atoms with Crippen LogP contribution in [-0.2, 0) is 8.54 Å². The highest BCUT2D eigenvalue weighted by Crippen LogP contribution is 2.53. The van der Waals surface area contributed by atoms with Gasteiger partial charge in [0.1, 0.15) is 0 Å². The van der Waals surface area contributed by atoms with Gasteiger partial charge in [-0.3, -0.25) is 0 Å². The maximum absolute atomic E-state index is 10.4. The van der Waals surface area contributed by atoms with Gasteiger partial charge in [-0.2, -0.15) is 0 Å². The van der Waals surface area contributed by atoms with Crippen molar-refractivity contribution in [3.8, 4) is 0 Å². The van der Waals surface area contributed by atoms with Crippen molar-refractivity contribution in [2.45, 2.75) is 20.8 Å². The molecule has 0 aliphatic heterocycles. The van der Waals surface area contributed by atoms with Gasteiger partial charge in [-0.1, -0.05) is 35.1 Å². The van der Waals surface area contributed by atoms with E-state index in [-0.39, 0.29) is 0 Å². The molecule has 0 rings (SSSR count). The molecule has 0 spiro atoms.